The molecular formula is C14H21Cl2N. The zero-order valence-corrected chi connectivity index (χ0v) is 12.4. The van der Waals surface area contributed by atoms with E-state index in [2.05, 4.69) is 33.0 Å². The van der Waals surface area contributed by atoms with E-state index in [9.17, 15) is 0 Å². The van der Waals surface area contributed by atoms with Gasteiger partial charge in [0.1, 0.15) is 0 Å². The third-order valence-corrected chi connectivity index (χ3v) is 3.48. The highest BCUT2D eigenvalue weighted by molar-refractivity contribution is 6.35. The van der Waals surface area contributed by atoms with Crippen molar-refractivity contribution in [1.82, 2.24) is 5.32 Å². The first-order valence-electron chi connectivity index (χ1n) is 6.10. The molecule has 3 heteroatoms. The van der Waals surface area contributed by atoms with Crippen LogP contribution in [0, 0.1) is 5.92 Å². The van der Waals surface area contributed by atoms with Gasteiger partial charge >= 0.3 is 0 Å². The van der Waals surface area contributed by atoms with E-state index in [0.717, 1.165) is 11.6 Å². The molecular weight excluding hydrogens is 253 g/mol. The standard InChI is InChI=1S/C14H21Cl2N/c1-9(2)13(8-17-10(3)4)12-6-5-11(15)7-14(12)16/h5-7,9-10,13,17H,8H2,1-4H3. The van der Waals surface area contributed by atoms with Crippen molar-refractivity contribution in [3.63, 3.8) is 0 Å². The van der Waals surface area contributed by atoms with Gasteiger partial charge in [-0.3, -0.25) is 0 Å². The van der Waals surface area contributed by atoms with Crippen LogP contribution in [-0.2, 0) is 0 Å². The largest absolute Gasteiger partial charge is 0.314 e. The Labute approximate surface area is 115 Å². The van der Waals surface area contributed by atoms with Crippen molar-refractivity contribution in [2.75, 3.05) is 6.54 Å². The topological polar surface area (TPSA) is 12.0 Å². The first-order valence-corrected chi connectivity index (χ1v) is 6.85. The lowest BCUT2D eigenvalue weighted by Crippen LogP contribution is -2.30. The summed E-state index contributed by atoms with van der Waals surface area (Å²) >= 11 is 12.2. The molecule has 0 bridgehead atoms. The fraction of sp³-hybridized carbons (Fsp3) is 0.571. The number of halogens is 2. The average Bonchev–Trinajstić information content (AvgIpc) is 2.20. The lowest BCUT2D eigenvalue weighted by molar-refractivity contribution is 0.441. The minimum absolute atomic E-state index is 0.419. The lowest BCUT2D eigenvalue weighted by atomic mass is 9.88. The molecule has 96 valence electrons. The summed E-state index contributed by atoms with van der Waals surface area (Å²) in [5.41, 5.74) is 1.18. The van der Waals surface area contributed by atoms with Crippen LogP contribution >= 0.6 is 23.2 Å². The van der Waals surface area contributed by atoms with Gasteiger partial charge in [-0.15, -0.1) is 0 Å². The summed E-state index contributed by atoms with van der Waals surface area (Å²) in [4.78, 5) is 0. The molecule has 0 aliphatic rings. The van der Waals surface area contributed by atoms with Gasteiger partial charge in [-0.1, -0.05) is 57.0 Å². The summed E-state index contributed by atoms with van der Waals surface area (Å²) in [5, 5.41) is 4.93. The number of benzene rings is 1. The van der Waals surface area contributed by atoms with Crippen molar-refractivity contribution in [1.29, 1.82) is 0 Å². The Morgan fingerprint density at radius 3 is 2.24 bits per heavy atom. The Bertz CT molecular complexity index is 361. The van der Waals surface area contributed by atoms with Crippen molar-refractivity contribution >= 4 is 23.2 Å². The molecule has 0 aliphatic heterocycles. The predicted molar refractivity (Wildman–Crippen MR) is 77.2 cm³/mol. The summed E-state index contributed by atoms with van der Waals surface area (Å²) in [5.74, 6) is 0.960. The molecule has 0 saturated carbocycles. The third-order valence-electron chi connectivity index (χ3n) is 2.91. The van der Waals surface area contributed by atoms with Crippen molar-refractivity contribution in [3.05, 3.63) is 33.8 Å². The van der Waals surface area contributed by atoms with Gasteiger partial charge in [0.05, 0.1) is 0 Å². The molecule has 0 saturated heterocycles. The zero-order chi connectivity index (χ0) is 13.0. The van der Waals surface area contributed by atoms with Gasteiger partial charge in [-0.05, 0) is 23.6 Å². The highest BCUT2D eigenvalue weighted by atomic mass is 35.5. The second kappa shape index (κ2) is 6.63. The van der Waals surface area contributed by atoms with Crippen molar-refractivity contribution in [3.8, 4) is 0 Å². The molecule has 17 heavy (non-hydrogen) atoms. The van der Waals surface area contributed by atoms with Crippen molar-refractivity contribution in [2.45, 2.75) is 39.7 Å². The van der Waals surface area contributed by atoms with E-state index in [1.807, 2.05) is 18.2 Å². The van der Waals surface area contributed by atoms with Crippen LogP contribution in [0.15, 0.2) is 18.2 Å². The summed E-state index contributed by atoms with van der Waals surface area (Å²) in [6.07, 6.45) is 0. The minimum Gasteiger partial charge on any atom is -0.314 e. The maximum atomic E-state index is 6.27. The molecule has 0 spiro atoms. The molecule has 0 heterocycles. The van der Waals surface area contributed by atoms with Gasteiger partial charge in [0.2, 0.25) is 0 Å². The molecule has 1 nitrogen and oxygen atoms in total. The van der Waals surface area contributed by atoms with E-state index in [-0.39, 0.29) is 0 Å². The molecule has 1 unspecified atom stereocenters. The quantitative estimate of drug-likeness (QED) is 0.818. The molecule has 1 rings (SSSR count). The average molecular weight is 274 g/mol. The Balaban J connectivity index is 2.89. The van der Waals surface area contributed by atoms with E-state index in [1.165, 1.54) is 5.56 Å². The number of nitrogens with one attached hydrogen (secondary N) is 1. The van der Waals surface area contributed by atoms with Gasteiger partial charge in [0.15, 0.2) is 0 Å². The van der Waals surface area contributed by atoms with Gasteiger partial charge < -0.3 is 5.32 Å². The third kappa shape index (κ3) is 4.50. The molecule has 0 radical (unpaired) electrons. The molecule has 1 atom stereocenters. The molecule has 0 aliphatic carbocycles. The van der Waals surface area contributed by atoms with Crippen molar-refractivity contribution < 1.29 is 0 Å². The van der Waals surface area contributed by atoms with Crippen LogP contribution < -0.4 is 5.32 Å². The summed E-state index contributed by atoms with van der Waals surface area (Å²) in [7, 11) is 0. The highest BCUT2D eigenvalue weighted by Gasteiger charge is 2.18. The van der Waals surface area contributed by atoms with Gasteiger partial charge in [0.25, 0.3) is 0 Å². The maximum absolute atomic E-state index is 6.27. The molecule has 1 aromatic rings. The van der Waals surface area contributed by atoms with Crippen LogP contribution in [0.3, 0.4) is 0 Å². The predicted octanol–water partition coefficient (Wildman–Crippen LogP) is 4.73. The van der Waals surface area contributed by atoms with E-state index in [4.69, 9.17) is 23.2 Å². The Kier molecular flexibility index (Phi) is 5.78. The summed E-state index contributed by atoms with van der Waals surface area (Å²) in [6, 6.07) is 6.26. The molecule has 0 aromatic heterocycles. The second-order valence-electron chi connectivity index (χ2n) is 5.08. The van der Waals surface area contributed by atoms with E-state index in [1.54, 1.807) is 0 Å². The molecule has 0 fully saturated rings. The smallest absolute Gasteiger partial charge is 0.0456 e. The van der Waals surface area contributed by atoms with Crippen molar-refractivity contribution in [2.24, 2.45) is 5.92 Å². The Morgan fingerprint density at radius 1 is 1.12 bits per heavy atom. The summed E-state index contributed by atoms with van der Waals surface area (Å²) < 4.78 is 0. The van der Waals surface area contributed by atoms with Crippen LogP contribution in [0.25, 0.3) is 0 Å². The SMILES string of the molecule is CC(C)NCC(c1ccc(Cl)cc1Cl)C(C)C. The van der Waals surface area contributed by atoms with Gasteiger partial charge in [-0.2, -0.15) is 0 Å². The maximum Gasteiger partial charge on any atom is 0.0456 e. The first-order chi connectivity index (χ1) is 7.91. The van der Waals surface area contributed by atoms with E-state index in [0.29, 0.717) is 22.9 Å². The zero-order valence-electron chi connectivity index (χ0n) is 10.9. The highest BCUT2D eigenvalue weighted by Crippen LogP contribution is 2.31. The lowest BCUT2D eigenvalue weighted by Gasteiger charge is -2.24. The summed E-state index contributed by atoms with van der Waals surface area (Å²) in [6.45, 7) is 9.69. The van der Waals surface area contributed by atoms with Crippen LogP contribution in [0.2, 0.25) is 10.0 Å². The molecule has 0 amide bonds. The number of hydrogen-bond acceptors (Lipinski definition) is 1. The number of rotatable bonds is 5. The first kappa shape index (κ1) is 14.8. The fourth-order valence-electron chi connectivity index (χ4n) is 1.87. The number of hydrogen-bond donors (Lipinski definition) is 1. The Morgan fingerprint density at radius 2 is 1.76 bits per heavy atom. The van der Waals surface area contributed by atoms with E-state index < -0.39 is 0 Å². The minimum atomic E-state index is 0.419. The van der Waals surface area contributed by atoms with Crippen LogP contribution in [0.5, 0.6) is 0 Å². The van der Waals surface area contributed by atoms with Crippen LogP contribution in [-0.4, -0.2) is 12.6 Å². The van der Waals surface area contributed by atoms with Crippen LogP contribution in [0.4, 0.5) is 0 Å². The fourth-order valence-corrected chi connectivity index (χ4v) is 2.42. The second-order valence-corrected chi connectivity index (χ2v) is 5.92. The van der Waals surface area contributed by atoms with Gasteiger partial charge in [0, 0.05) is 28.5 Å². The van der Waals surface area contributed by atoms with Gasteiger partial charge in [-0.25, -0.2) is 0 Å². The Hall–Kier alpha value is -0.240. The molecule has 1 aromatic carbocycles. The van der Waals surface area contributed by atoms with E-state index >= 15 is 0 Å². The normalized spacial score (nSPS) is 13.4. The van der Waals surface area contributed by atoms with Crippen LogP contribution in [0.1, 0.15) is 39.2 Å². The monoisotopic (exact) mass is 273 g/mol. The molecule has 1 N–H and O–H groups in total.